The Kier molecular flexibility index (Phi) is 5.26. The van der Waals surface area contributed by atoms with E-state index in [2.05, 4.69) is 10.6 Å². The van der Waals surface area contributed by atoms with Crippen LogP contribution in [0.5, 0.6) is 0 Å². The molecule has 1 saturated heterocycles. The van der Waals surface area contributed by atoms with Crippen LogP contribution in [0.15, 0.2) is 23.0 Å². The molecule has 0 saturated carbocycles. The SMILES string of the molecule is O=C(NC1CCC(C(F)(F)F)CN1)C1=C(F)C=C(C(F)(F)F)CC1. The zero-order valence-electron chi connectivity index (χ0n) is 12.3. The molecule has 1 aliphatic heterocycles. The molecule has 0 aromatic heterocycles. The lowest BCUT2D eigenvalue weighted by atomic mass is 9.95. The predicted octanol–water partition coefficient (Wildman–Crippen LogP) is 3.50. The van der Waals surface area contributed by atoms with Crippen LogP contribution < -0.4 is 10.6 Å². The van der Waals surface area contributed by atoms with E-state index in [1.165, 1.54) is 0 Å². The first kappa shape index (κ1) is 18.8. The number of piperidine rings is 1. The summed E-state index contributed by atoms with van der Waals surface area (Å²) in [5.41, 5.74) is -1.48. The van der Waals surface area contributed by atoms with Crippen LogP contribution in [0.2, 0.25) is 0 Å². The molecule has 2 atom stereocenters. The topological polar surface area (TPSA) is 41.1 Å². The van der Waals surface area contributed by atoms with Gasteiger partial charge in [-0.2, -0.15) is 26.3 Å². The minimum Gasteiger partial charge on any atom is -0.337 e. The molecule has 0 bridgehead atoms. The molecule has 0 spiro atoms. The van der Waals surface area contributed by atoms with Crippen molar-refractivity contribution < 1.29 is 35.5 Å². The first-order valence-corrected chi connectivity index (χ1v) is 7.26. The van der Waals surface area contributed by atoms with Crippen molar-refractivity contribution in [2.45, 2.75) is 44.2 Å². The van der Waals surface area contributed by atoms with Gasteiger partial charge in [-0.15, -0.1) is 0 Å². The first-order valence-electron chi connectivity index (χ1n) is 7.26. The molecule has 0 aromatic carbocycles. The third-order valence-corrected chi connectivity index (χ3v) is 4.05. The highest BCUT2D eigenvalue weighted by molar-refractivity contribution is 5.94. The van der Waals surface area contributed by atoms with Crippen LogP contribution in [0.1, 0.15) is 25.7 Å². The summed E-state index contributed by atoms with van der Waals surface area (Å²) >= 11 is 0. The summed E-state index contributed by atoms with van der Waals surface area (Å²) in [6.45, 7) is -0.381. The third kappa shape index (κ3) is 4.49. The van der Waals surface area contributed by atoms with Gasteiger partial charge in [0.25, 0.3) is 5.91 Å². The van der Waals surface area contributed by atoms with Crippen molar-refractivity contribution in [2.75, 3.05) is 6.54 Å². The van der Waals surface area contributed by atoms with Gasteiger partial charge in [-0.25, -0.2) is 4.39 Å². The van der Waals surface area contributed by atoms with E-state index in [0.717, 1.165) is 0 Å². The number of carbonyl (C=O) groups is 1. The number of allylic oxidation sites excluding steroid dienone is 3. The van der Waals surface area contributed by atoms with Gasteiger partial charge >= 0.3 is 12.4 Å². The number of alkyl halides is 6. The average Bonchev–Trinajstić information content (AvgIpc) is 2.45. The highest BCUT2D eigenvalue weighted by atomic mass is 19.4. The minimum absolute atomic E-state index is 0.00550. The van der Waals surface area contributed by atoms with Gasteiger partial charge in [0.1, 0.15) is 5.83 Å². The third-order valence-electron chi connectivity index (χ3n) is 4.05. The molecule has 3 nitrogen and oxygen atoms in total. The molecule has 24 heavy (non-hydrogen) atoms. The van der Waals surface area contributed by atoms with E-state index in [0.29, 0.717) is 0 Å². The van der Waals surface area contributed by atoms with Gasteiger partial charge < -0.3 is 5.32 Å². The fourth-order valence-corrected chi connectivity index (χ4v) is 2.64. The summed E-state index contributed by atoms with van der Waals surface area (Å²) in [6.07, 6.45) is -10.6. The van der Waals surface area contributed by atoms with E-state index in [1.54, 1.807) is 0 Å². The van der Waals surface area contributed by atoms with Gasteiger partial charge in [-0.1, -0.05) is 0 Å². The Morgan fingerprint density at radius 1 is 1.12 bits per heavy atom. The standard InChI is InChI=1S/C14H15F7N2O/c15-10-5-7(13(16,17)18)1-3-9(10)12(24)23-11-4-2-8(6-22-11)14(19,20)21/h5,8,11,22H,1-4,6H2,(H,23,24). The molecule has 0 aromatic rings. The number of rotatable bonds is 2. The van der Waals surface area contributed by atoms with Crippen LogP contribution in [-0.2, 0) is 4.79 Å². The average molecular weight is 360 g/mol. The fourth-order valence-electron chi connectivity index (χ4n) is 2.64. The lowest BCUT2D eigenvalue weighted by molar-refractivity contribution is -0.179. The van der Waals surface area contributed by atoms with Crippen LogP contribution in [0, 0.1) is 5.92 Å². The molecule has 2 N–H and O–H groups in total. The van der Waals surface area contributed by atoms with Crippen molar-refractivity contribution in [3.05, 3.63) is 23.0 Å². The van der Waals surface area contributed by atoms with E-state index >= 15 is 0 Å². The van der Waals surface area contributed by atoms with Gasteiger partial charge in [0, 0.05) is 12.1 Å². The monoisotopic (exact) mass is 360 g/mol. The fraction of sp³-hybridized carbons (Fsp3) is 0.643. The van der Waals surface area contributed by atoms with Crippen LogP contribution in [0.4, 0.5) is 30.7 Å². The number of amides is 1. The minimum atomic E-state index is -4.66. The second-order valence-electron chi connectivity index (χ2n) is 5.74. The maximum Gasteiger partial charge on any atom is 0.412 e. The molecule has 1 fully saturated rings. The number of hydrogen-bond acceptors (Lipinski definition) is 2. The second kappa shape index (κ2) is 6.73. The van der Waals surface area contributed by atoms with Gasteiger partial charge in [0.2, 0.25) is 0 Å². The highest BCUT2D eigenvalue weighted by Crippen LogP contribution is 2.36. The molecule has 2 aliphatic rings. The van der Waals surface area contributed by atoms with Crippen molar-refractivity contribution in [1.29, 1.82) is 0 Å². The number of carbonyl (C=O) groups excluding carboxylic acids is 1. The van der Waals surface area contributed by atoms with Crippen LogP contribution >= 0.6 is 0 Å². The van der Waals surface area contributed by atoms with Crippen LogP contribution in [0.3, 0.4) is 0 Å². The van der Waals surface area contributed by atoms with Crippen molar-refractivity contribution in [3.8, 4) is 0 Å². The summed E-state index contributed by atoms with van der Waals surface area (Å²) < 4.78 is 88.8. The van der Waals surface area contributed by atoms with Crippen molar-refractivity contribution >= 4 is 5.91 Å². The Labute approximate surface area is 133 Å². The molecular weight excluding hydrogens is 345 g/mol. The van der Waals surface area contributed by atoms with Crippen LogP contribution in [-0.4, -0.2) is 31.0 Å². The van der Waals surface area contributed by atoms with E-state index < -0.39 is 60.2 Å². The van der Waals surface area contributed by atoms with Gasteiger partial charge in [0.15, 0.2) is 0 Å². The first-order chi connectivity index (χ1) is 11.0. The molecule has 1 aliphatic carbocycles. The Hall–Kier alpha value is -1.58. The number of hydrogen-bond donors (Lipinski definition) is 2. The Morgan fingerprint density at radius 3 is 2.25 bits per heavy atom. The maximum atomic E-state index is 13.7. The molecule has 2 unspecified atom stereocenters. The maximum absolute atomic E-state index is 13.7. The van der Waals surface area contributed by atoms with E-state index in [4.69, 9.17) is 0 Å². The molecule has 1 amide bonds. The molecular formula is C14H15F7N2O. The van der Waals surface area contributed by atoms with E-state index in [-0.39, 0.29) is 25.5 Å². The largest absolute Gasteiger partial charge is 0.412 e. The highest BCUT2D eigenvalue weighted by Gasteiger charge is 2.42. The predicted molar refractivity (Wildman–Crippen MR) is 70.2 cm³/mol. The van der Waals surface area contributed by atoms with Gasteiger partial charge in [0.05, 0.1) is 17.7 Å². The smallest absolute Gasteiger partial charge is 0.337 e. The Bertz CT molecular complexity index is 554. The molecule has 0 radical (unpaired) electrons. The van der Waals surface area contributed by atoms with Crippen molar-refractivity contribution in [1.82, 2.24) is 10.6 Å². The Balaban J connectivity index is 1.96. The summed E-state index contributed by atoms with van der Waals surface area (Å²) in [7, 11) is 0. The molecule has 136 valence electrons. The normalized spacial score (nSPS) is 26.2. The summed E-state index contributed by atoms with van der Waals surface area (Å²) in [6, 6.07) is 0. The lowest BCUT2D eigenvalue weighted by Crippen LogP contribution is -2.52. The zero-order chi connectivity index (χ0) is 18.1. The van der Waals surface area contributed by atoms with Gasteiger partial charge in [-0.3, -0.25) is 10.1 Å². The molecule has 2 rings (SSSR count). The summed E-state index contributed by atoms with van der Waals surface area (Å²) in [5, 5.41) is 4.82. The second-order valence-corrected chi connectivity index (χ2v) is 5.74. The molecule has 1 heterocycles. The quantitative estimate of drug-likeness (QED) is 0.740. The van der Waals surface area contributed by atoms with Crippen LogP contribution in [0.25, 0.3) is 0 Å². The lowest BCUT2D eigenvalue weighted by Gasteiger charge is -2.31. The summed E-state index contributed by atoms with van der Waals surface area (Å²) in [4.78, 5) is 11.9. The number of halogens is 7. The van der Waals surface area contributed by atoms with Crippen molar-refractivity contribution in [2.24, 2.45) is 5.92 Å². The summed E-state index contributed by atoms with van der Waals surface area (Å²) in [5.74, 6) is -3.70. The van der Waals surface area contributed by atoms with E-state index in [9.17, 15) is 35.5 Å². The van der Waals surface area contributed by atoms with Crippen molar-refractivity contribution in [3.63, 3.8) is 0 Å². The molecule has 10 heteroatoms. The van der Waals surface area contributed by atoms with E-state index in [1.807, 2.05) is 0 Å². The number of nitrogens with one attached hydrogen (secondary N) is 2. The zero-order valence-corrected chi connectivity index (χ0v) is 12.3. The Morgan fingerprint density at radius 2 is 1.79 bits per heavy atom. The van der Waals surface area contributed by atoms with Gasteiger partial charge in [-0.05, 0) is 31.8 Å².